The Bertz CT molecular complexity index is 278. The molecule has 4 heteroatoms. The zero-order valence-corrected chi connectivity index (χ0v) is 9.77. The Balaban J connectivity index is 2.47. The van der Waals surface area contributed by atoms with Gasteiger partial charge in [0.15, 0.2) is 0 Å². The Morgan fingerprint density at radius 3 is 2.79 bits per heavy atom. The summed E-state index contributed by atoms with van der Waals surface area (Å²) < 4.78 is 0. The van der Waals surface area contributed by atoms with Crippen LogP contribution in [0.5, 0.6) is 0 Å². The predicted molar refractivity (Wildman–Crippen MR) is 62.9 cm³/mol. The van der Waals surface area contributed by atoms with Gasteiger partial charge in [0, 0.05) is 18.4 Å². The molecule has 1 aromatic rings. The van der Waals surface area contributed by atoms with Crippen molar-refractivity contribution in [3.05, 3.63) is 18.1 Å². The third-order valence-corrected chi connectivity index (χ3v) is 2.66. The Labute approximate surface area is 89.7 Å². The molecule has 0 aromatic carbocycles. The summed E-state index contributed by atoms with van der Waals surface area (Å²) in [6.45, 7) is 4.14. The smallest absolute Gasteiger partial charge is 0.147 e. The fourth-order valence-electron chi connectivity index (χ4n) is 1.15. The highest BCUT2D eigenvalue weighted by molar-refractivity contribution is 7.98. The standard InChI is InChI=1S/C10H17N3S/c1-8(4-7-14-3)13-10-9(2)11-5-6-12-10/h5-6,8H,4,7H2,1-3H3,(H,12,13). The molecule has 1 atom stereocenters. The molecule has 1 unspecified atom stereocenters. The summed E-state index contributed by atoms with van der Waals surface area (Å²) in [7, 11) is 0. The first kappa shape index (κ1) is 11.3. The molecule has 0 aliphatic heterocycles. The first-order valence-corrected chi connectivity index (χ1v) is 6.16. The average molecular weight is 211 g/mol. The minimum atomic E-state index is 0.456. The van der Waals surface area contributed by atoms with Crippen molar-refractivity contribution in [2.45, 2.75) is 26.3 Å². The van der Waals surface area contributed by atoms with Crippen molar-refractivity contribution in [3.63, 3.8) is 0 Å². The molecule has 1 aromatic heterocycles. The van der Waals surface area contributed by atoms with Gasteiger partial charge in [-0.05, 0) is 32.3 Å². The summed E-state index contributed by atoms with van der Waals surface area (Å²) in [4.78, 5) is 8.43. The first-order valence-electron chi connectivity index (χ1n) is 4.77. The average Bonchev–Trinajstić information content (AvgIpc) is 2.18. The summed E-state index contributed by atoms with van der Waals surface area (Å²) >= 11 is 1.87. The van der Waals surface area contributed by atoms with Gasteiger partial charge in [-0.25, -0.2) is 4.98 Å². The van der Waals surface area contributed by atoms with Gasteiger partial charge in [0.2, 0.25) is 0 Å². The number of nitrogens with zero attached hydrogens (tertiary/aromatic N) is 2. The van der Waals surface area contributed by atoms with E-state index in [2.05, 4.69) is 28.5 Å². The largest absolute Gasteiger partial charge is 0.366 e. The van der Waals surface area contributed by atoms with E-state index in [4.69, 9.17) is 0 Å². The fourth-order valence-corrected chi connectivity index (χ4v) is 1.74. The lowest BCUT2D eigenvalue weighted by atomic mass is 10.2. The van der Waals surface area contributed by atoms with E-state index in [1.54, 1.807) is 12.4 Å². The second-order valence-corrected chi connectivity index (χ2v) is 4.30. The Morgan fingerprint density at radius 2 is 2.14 bits per heavy atom. The number of anilines is 1. The van der Waals surface area contributed by atoms with Gasteiger partial charge in [-0.2, -0.15) is 11.8 Å². The fraction of sp³-hybridized carbons (Fsp3) is 0.600. The second kappa shape index (κ2) is 5.86. The highest BCUT2D eigenvalue weighted by Crippen LogP contribution is 2.10. The lowest BCUT2D eigenvalue weighted by Crippen LogP contribution is -2.17. The molecule has 14 heavy (non-hydrogen) atoms. The number of hydrogen-bond donors (Lipinski definition) is 1. The van der Waals surface area contributed by atoms with E-state index >= 15 is 0 Å². The van der Waals surface area contributed by atoms with Crippen LogP contribution in [0.2, 0.25) is 0 Å². The van der Waals surface area contributed by atoms with E-state index < -0.39 is 0 Å². The summed E-state index contributed by atoms with van der Waals surface area (Å²) in [5, 5.41) is 3.36. The molecular weight excluding hydrogens is 194 g/mol. The summed E-state index contributed by atoms with van der Waals surface area (Å²) in [6.07, 6.45) is 6.71. The third kappa shape index (κ3) is 3.54. The van der Waals surface area contributed by atoms with Crippen LogP contribution in [0.1, 0.15) is 19.0 Å². The maximum absolute atomic E-state index is 4.25. The van der Waals surface area contributed by atoms with Crippen LogP contribution < -0.4 is 5.32 Å². The topological polar surface area (TPSA) is 37.8 Å². The van der Waals surface area contributed by atoms with Crippen molar-refractivity contribution in [1.82, 2.24) is 9.97 Å². The summed E-state index contributed by atoms with van der Waals surface area (Å²) in [6, 6.07) is 0.456. The lowest BCUT2D eigenvalue weighted by Gasteiger charge is -2.14. The van der Waals surface area contributed by atoms with Gasteiger partial charge in [-0.1, -0.05) is 0 Å². The number of nitrogens with one attached hydrogen (secondary N) is 1. The van der Waals surface area contributed by atoms with Crippen LogP contribution in [0, 0.1) is 6.92 Å². The highest BCUT2D eigenvalue weighted by Gasteiger charge is 2.04. The zero-order chi connectivity index (χ0) is 10.4. The second-order valence-electron chi connectivity index (χ2n) is 3.32. The van der Waals surface area contributed by atoms with Gasteiger partial charge in [-0.3, -0.25) is 4.98 Å². The monoisotopic (exact) mass is 211 g/mol. The van der Waals surface area contributed by atoms with Crippen molar-refractivity contribution in [2.75, 3.05) is 17.3 Å². The van der Waals surface area contributed by atoms with E-state index in [0.29, 0.717) is 6.04 Å². The van der Waals surface area contributed by atoms with Crippen molar-refractivity contribution in [1.29, 1.82) is 0 Å². The molecule has 1 N–H and O–H groups in total. The zero-order valence-electron chi connectivity index (χ0n) is 8.95. The van der Waals surface area contributed by atoms with Gasteiger partial charge < -0.3 is 5.32 Å². The van der Waals surface area contributed by atoms with E-state index in [1.807, 2.05) is 18.7 Å². The Hall–Kier alpha value is -0.770. The van der Waals surface area contributed by atoms with Crippen molar-refractivity contribution in [2.24, 2.45) is 0 Å². The maximum Gasteiger partial charge on any atom is 0.147 e. The number of aryl methyl sites for hydroxylation is 1. The molecule has 0 fully saturated rings. The van der Waals surface area contributed by atoms with Gasteiger partial charge in [0.1, 0.15) is 5.82 Å². The van der Waals surface area contributed by atoms with Crippen LogP contribution in [-0.2, 0) is 0 Å². The van der Waals surface area contributed by atoms with E-state index in [-0.39, 0.29) is 0 Å². The Morgan fingerprint density at radius 1 is 1.43 bits per heavy atom. The molecule has 0 aliphatic carbocycles. The van der Waals surface area contributed by atoms with Crippen molar-refractivity contribution >= 4 is 17.6 Å². The first-order chi connectivity index (χ1) is 6.74. The van der Waals surface area contributed by atoms with Crippen LogP contribution in [0.3, 0.4) is 0 Å². The van der Waals surface area contributed by atoms with E-state index in [0.717, 1.165) is 17.9 Å². The normalized spacial score (nSPS) is 12.5. The molecule has 1 heterocycles. The van der Waals surface area contributed by atoms with Gasteiger partial charge in [-0.15, -0.1) is 0 Å². The van der Waals surface area contributed by atoms with Crippen LogP contribution >= 0.6 is 11.8 Å². The molecule has 0 radical (unpaired) electrons. The van der Waals surface area contributed by atoms with Crippen LogP contribution in [0.15, 0.2) is 12.4 Å². The highest BCUT2D eigenvalue weighted by atomic mass is 32.2. The van der Waals surface area contributed by atoms with Gasteiger partial charge in [0.25, 0.3) is 0 Å². The van der Waals surface area contributed by atoms with Gasteiger partial charge >= 0.3 is 0 Å². The predicted octanol–water partition coefficient (Wildman–Crippen LogP) is 2.34. The molecule has 1 rings (SSSR count). The summed E-state index contributed by atoms with van der Waals surface area (Å²) in [5.74, 6) is 2.08. The lowest BCUT2D eigenvalue weighted by molar-refractivity contribution is 0.763. The number of rotatable bonds is 5. The molecule has 78 valence electrons. The molecule has 0 amide bonds. The van der Waals surface area contributed by atoms with Crippen LogP contribution in [0.4, 0.5) is 5.82 Å². The summed E-state index contributed by atoms with van der Waals surface area (Å²) in [5.41, 5.74) is 0.962. The van der Waals surface area contributed by atoms with E-state index in [1.165, 1.54) is 5.75 Å². The van der Waals surface area contributed by atoms with Gasteiger partial charge in [0.05, 0.1) is 5.69 Å². The van der Waals surface area contributed by atoms with E-state index in [9.17, 15) is 0 Å². The molecule has 0 aliphatic rings. The third-order valence-electron chi connectivity index (χ3n) is 2.02. The molecule has 0 spiro atoms. The minimum Gasteiger partial charge on any atom is -0.366 e. The molecule has 3 nitrogen and oxygen atoms in total. The molecule has 0 saturated heterocycles. The van der Waals surface area contributed by atoms with Crippen LogP contribution in [0.25, 0.3) is 0 Å². The minimum absolute atomic E-state index is 0.456. The van der Waals surface area contributed by atoms with Crippen LogP contribution in [-0.4, -0.2) is 28.0 Å². The molecule has 0 saturated carbocycles. The number of aromatic nitrogens is 2. The SMILES string of the molecule is CSCCC(C)Nc1nccnc1C. The van der Waals surface area contributed by atoms with Crippen molar-refractivity contribution < 1.29 is 0 Å². The maximum atomic E-state index is 4.25. The number of thioether (sulfide) groups is 1. The Kier molecular flexibility index (Phi) is 4.73. The van der Waals surface area contributed by atoms with Crippen molar-refractivity contribution in [3.8, 4) is 0 Å². The quantitative estimate of drug-likeness (QED) is 0.811. The molecule has 0 bridgehead atoms. The molecular formula is C10H17N3S. The number of hydrogen-bond acceptors (Lipinski definition) is 4.